The van der Waals surface area contributed by atoms with Gasteiger partial charge < -0.3 is 15.4 Å². The molecule has 3 N–H and O–H groups in total. The number of nitrogens with zero attached hydrogens (tertiary/aromatic N) is 1. The number of hydrogen-bond acceptors (Lipinski definition) is 4. The van der Waals surface area contributed by atoms with Gasteiger partial charge in [-0.3, -0.25) is 14.9 Å². The number of aromatic amines is 1. The molecule has 0 aliphatic carbocycles. The molecule has 118 valence electrons. The molecule has 1 aromatic heterocycles. The molecule has 0 unspecified atom stereocenters. The second-order valence-corrected chi connectivity index (χ2v) is 5.30. The SMILES string of the molecule is CCC(O)(CC)CNC(=O)c1c[nH]c2ccc([N+](=O)[O-])cc12. The number of nitro benzene ring substituents is 1. The van der Waals surface area contributed by atoms with E-state index < -0.39 is 10.5 Å². The quantitative estimate of drug-likeness (QED) is 0.562. The van der Waals surface area contributed by atoms with Crippen molar-refractivity contribution in [2.75, 3.05) is 6.54 Å². The molecule has 7 nitrogen and oxygen atoms in total. The van der Waals surface area contributed by atoms with Gasteiger partial charge in [-0.25, -0.2) is 0 Å². The lowest BCUT2D eigenvalue weighted by molar-refractivity contribution is -0.384. The third-order valence-electron chi connectivity index (χ3n) is 4.02. The number of aromatic nitrogens is 1. The topological polar surface area (TPSA) is 108 Å². The average molecular weight is 305 g/mol. The fraction of sp³-hybridized carbons (Fsp3) is 0.400. The molecule has 2 rings (SSSR count). The van der Waals surface area contributed by atoms with Gasteiger partial charge in [0.1, 0.15) is 0 Å². The largest absolute Gasteiger partial charge is 0.388 e. The van der Waals surface area contributed by atoms with E-state index in [1.54, 1.807) is 6.07 Å². The zero-order valence-electron chi connectivity index (χ0n) is 12.5. The Labute approximate surface area is 127 Å². The third kappa shape index (κ3) is 3.09. The summed E-state index contributed by atoms with van der Waals surface area (Å²) >= 11 is 0. The minimum atomic E-state index is -0.937. The van der Waals surface area contributed by atoms with Gasteiger partial charge in [-0.2, -0.15) is 0 Å². The number of non-ortho nitro benzene ring substituents is 1. The van der Waals surface area contributed by atoms with Gasteiger partial charge in [-0.15, -0.1) is 0 Å². The van der Waals surface area contributed by atoms with Crippen LogP contribution in [0.25, 0.3) is 10.9 Å². The van der Waals surface area contributed by atoms with Crippen LogP contribution >= 0.6 is 0 Å². The van der Waals surface area contributed by atoms with Crippen LogP contribution in [0, 0.1) is 10.1 Å². The first-order valence-electron chi connectivity index (χ1n) is 7.16. The van der Waals surface area contributed by atoms with Crippen LogP contribution in [0.3, 0.4) is 0 Å². The lowest BCUT2D eigenvalue weighted by atomic mass is 9.97. The molecule has 1 heterocycles. The highest BCUT2D eigenvalue weighted by atomic mass is 16.6. The second kappa shape index (κ2) is 6.15. The van der Waals surface area contributed by atoms with Gasteiger partial charge >= 0.3 is 0 Å². The van der Waals surface area contributed by atoms with Crippen molar-refractivity contribution in [1.29, 1.82) is 0 Å². The number of carbonyl (C=O) groups excluding carboxylic acids is 1. The van der Waals surface area contributed by atoms with Crippen LogP contribution in [0.4, 0.5) is 5.69 Å². The average Bonchev–Trinajstić information content (AvgIpc) is 2.95. The van der Waals surface area contributed by atoms with Crippen molar-refractivity contribution in [3.63, 3.8) is 0 Å². The molecule has 0 fully saturated rings. The molecule has 0 atom stereocenters. The molecule has 0 spiro atoms. The van der Waals surface area contributed by atoms with Crippen LogP contribution in [0.5, 0.6) is 0 Å². The second-order valence-electron chi connectivity index (χ2n) is 5.30. The number of carbonyl (C=O) groups is 1. The predicted octanol–water partition coefficient (Wildman–Crippen LogP) is 2.36. The van der Waals surface area contributed by atoms with E-state index in [4.69, 9.17) is 0 Å². The molecular weight excluding hydrogens is 286 g/mol. The standard InChI is InChI=1S/C15H19N3O4/c1-3-15(20,4-2)9-17-14(19)12-8-16-13-6-5-10(18(21)22)7-11(12)13/h5-8,16,20H,3-4,9H2,1-2H3,(H,17,19). The number of fused-ring (bicyclic) bond motifs is 1. The molecular formula is C15H19N3O4. The summed E-state index contributed by atoms with van der Waals surface area (Å²) in [5.41, 5.74) is -0.0293. The van der Waals surface area contributed by atoms with Crippen molar-refractivity contribution >= 4 is 22.5 Å². The van der Waals surface area contributed by atoms with E-state index >= 15 is 0 Å². The Hall–Kier alpha value is -2.41. The van der Waals surface area contributed by atoms with Crippen LogP contribution in [-0.2, 0) is 0 Å². The Morgan fingerprint density at radius 3 is 2.68 bits per heavy atom. The molecule has 0 aliphatic rings. The summed E-state index contributed by atoms with van der Waals surface area (Å²) in [6.07, 6.45) is 2.58. The lowest BCUT2D eigenvalue weighted by Gasteiger charge is -2.25. The van der Waals surface area contributed by atoms with E-state index in [2.05, 4.69) is 10.3 Å². The van der Waals surface area contributed by atoms with Crippen molar-refractivity contribution in [2.45, 2.75) is 32.3 Å². The van der Waals surface area contributed by atoms with Crippen molar-refractivity contribution in [1.82, 2.24) is 10.3 Å². The molecule has 2 aromatic rings. The summed E-state index contributed by atoms with van der Waals surface area (Å²) in [6, 6.07) is 4.32. The maximum Gasteiger partial charge on any atom is 0.270 e. The van der Waals surface area contributed by atoms with Crippen LogP contribution in [0.2, 0.25) is 0 Å². The van der Waals surface area contributed by atoms with Crippen LogP contribution < -0.4 is 5.32 Å². The van der Waals surface area contributed by atoms with Gasteiger partial charge in [0.25, 0.3) is 11.6 Å². The fourth-order valence-corrected chi connectivity index (χ4v) is 2.25. The van der Waals surface area contributed by atoms with Crippen LogP contribution in [0.15, 0.2) is 24.4 Å². The summed E-state index contributed by atoms with van der Waals surface area (Å²) < 4.78 is 0. The van der Waals surface area contributed by atoms with E-state index in [1.807, 2.05) is 13.8 Å². The highest BCUT2D eigenvalue weighted by molar-refractivity contribution is 6.07. The first-order valence-corrected chi connectivity index (χ1v) is 7.16. The summed E-state index contributed by atoms with van der Waals surface area (Å²) in [5.74, 6) is -0.368. The number of nitrogens with one attached hydrogen (secondary N) is 2. The lowest BCUT2D eigenvalue weighted by Crippen LogP contribution is -2.42. The Balaban J connectivity index is 2.25. The maximum atomic E-state index is 12.3. The molecule has 0 aliphatic heterocycles. The summed E-state index contributed by atoms with van der Waals surface area (Å²) in [7, 11) is 0. The molecule has 0 saturated heterocycles. The molecule has 7 heteroatoms. The Bertz CT molecular complexity index is 704. The number of amides is 1. The molecule has 1 amide bonds. The molecule has 0 saturated carbocycles. The van der Waals surface area contributed by atoms with E-state index in [-0.39, 0.29) is 18.1 Å². The van der Waals surface area contributed by atoms with Gasteiger partial charge in [0, 0.05) is 35.8 Å². The van der Waals surface area contributed by atoms with Gasteiger partial charge in [0.15, 0.2) is 0 Å². The van der Waals surface area contributed by atoms with Gasteiger partial charge in [-0.1, -0.05) is 13.8 Å². The minimum absolute atomic E-state index is 0.0697. The van der Waals surface area contributed by atoms with Crippen molar-refractivity contribution in [3.8, 4) is 0 Å². The molecule has 0 radical (unpaired) electrons. The summed E-state index contributed by atoms with van der Waals surface area (Å²) in [4.78, 5) is 25.5. The number of H-pyrrole nitrogens is 1. The number of rotatable bonds is 6. The minimum Gasteiger partial charge on any atom is -0.388 e. The predicted molar refractivity (Wildman–Crippen MR) is 82.8 cm³/mol. The number of nitro groups is 1. The van der Waals surface area contributed by atoms with Gasteiger partial charge in [-0.05, 0) is 18.9 Å². The Morgan fingerprint density at radius 2 is 2.09 bits per heavy atom. The normalized spacial score (nSPS) is 11.6. The van der Waals surface area contributed by atoms with E-state index in [0.717, 1.165) is 0 Å². The third-order valence-corrected chi connectivity index (χ3v) is 4.02. The van der Waals surface area contributed by atoms with Crippen molar-refractivity contribution in [3.05, 3.63) is 40.1 Å². The van der Waals surface area contributed by atoms with Crippen molar-refractivity contribution < 1.29 is 14.8 Å². The first kappa shape index (κ1) is 16.0. The summed E-state index contributed by atoms with van der Waals surface area (Å²) in [6.45, 7) is 3.84. The number of benzene rings is 1. The van der Waals surface area contributed by atoms with E-state index in [1.165, 1.54) is 18.3 Å². The zero-order chi connectivity index (χ0) is 16.3. The van der Waals surface area contributed by atoms with Gasteiger partial charge in [0.05, 0.1) is 16.1 Å². The highest BCUT2D eigenvalue weighted by Crippen LogP contribution is 2.24. The highest BCUT2D eigenvalue weighted by Gasteiger charge is 2.24. The Kier molecular flexibility index (Phi) is 4.46. The number of hydrogen-bond donors (Lipinski definition) is 3. The van der Waals surface area contributed by atoms with Crippen molar-refractivity contribution in [2.24, 2.45) is 0 Å². The first-order chi connectivity index (χ1) is 10.4. The summed E-state index contributed by atoms with van der Waals surface area (Å²) in [5, 5.41) is 24.2. The Morgan fingerprint density at radius 1 is 1.41 bits per heavy atom. The van der Waals surface area contributed by atoms with Gasteiger partial charge in [0.2, 0.25) is 0 Å². The smallest absolute Gasteiger partial charge is 0.270 e. The molecule has 0 bridgehead atoms. The number of aliphatic hydroxyl groups is 1. The zero-order valence-corrected chi connectivity index (χ0v) is 12.5. The van der Waals surface area contributed by atoms with E-state index in [9.17, 15) is 20.0 Å². The van der Waals surface area contributed by atoms with Crippen LogP contribution in [0.1, 0.15) is 37.0 Å². The maximum absolute atomic E-state index is 12.3. The monoisotopic (exact) mass is 305 g/mol. The molecule has 22 heavy (non-hydrogen) atoms. The van der Waals surface area contributed by atoms with E-state index in [0.29, 0.717) is 29.3 Å². The fourth-order valence-electron chi connectivity index (χ4n) is 2.25. The van der Waals surface area contributed by atoms with Crippen LogP contribution in [-0.4, -0.2) is 33.1 Å². The molecule has 1 aromatic carbocycles.